The van der Waals surface area contributed by atoms with Crippen molar-refractivity contribution in [3.05, 3.63) is 74.7 Å². The Labute approximate surface area is 140 Å². The quantitative estimate of drug-likeness (QED) is 0.420. The first-order valence-electron chi connectivity index (χ1n) is 6.72. The Morgan fingerprint density at radius 1 is 1.17 bits per heavy atom. The van der Waals surface area contributed by atoms with E-state index in [1.165, 1.54) is 12.3 Å². The molecule has 0 fully saturated rings. The number of aromatic nitrogens is 1. The van der Waals surface area contributed by atoms with Gasteiger partial charge in [0.1, 0.15) is 5.82 Å². The van der Waals surface area contributed by atoms with Gasteiger partial charge in [-0.15, -0.1) is 0 Å². The predicted molar refractivity (Wildman–Crippen MR) is 93.8 cm³/mol. The molecule has 0 bridgehead atoms. The van der Waals surface area contributed by atoms with Gasteiger partial charge in [-0.3, -0.25) is 15.5 Å². The molecule has 3 rings (SSSR count). The Hall–Kier alpha value is -2.80. The van der Waals surface area contributed by atoms with Crippen LogP contribution in [-0.2, 0) is 0 Å². The largest absolute Gasteiger partial charge is 0.284 e. The SMILES string of the molecule is O=[N+]([O-])c1cc(/C=N/Nc2ccc3ccccc3n2)ccc1Br. The molecular weight excluding hydrogens is 360 g/mol. The lowest BCUT2D eigenvalue weighted by Crippen LogP contribution is -1.95. The van der Waals surface area contributed by atoms with Crippen molar-refractivity contribution in [3.8, 4) is 0 Å². The van der Waals surface area contributed by atoms with Crippen LogP contribution < -0.4 is 5.43 Å². The van der Waals surface area contributed by atoms with E-state index in [-0.39, 0.29) is 5.69 Å². The molecule has 1 N–H and O–H groups in total. The minimum Gasteiger partial charge on any atom is -0.261 e. The molecule has 0 radical (unpaired) electrons. The lowest BCUT2D eigenvalue weighted by Gasteiger charge is -2.02. The monoisotopic (exact) mass is 370 g/mol. The zero-order chi connectivity index (χ0) is 16.2. The first-order valence-corrected chi connectivity index (χ1v) is 7.51. The van der Waals surface area contributed by atoms with Crippen molar-refractivity contribution < 1.29 is 4.92 Å². The molecule has 0 atom stereocenters. The van der Waals surface area contributed by atoms with E-state index < -0.39 is 4.92 Å². The number of hydrogen-bond acceptors (Lipinski definition) is 5. The molecule has 6 nitrogen and oxygen atoms in total. The van der Waals surface area contributed by atoms with Crippen molar-refractivity contribution >= 4 is 44.6 Å². The summed E-state index contributed by atoms with van der Waals surface area (Å²) < 4.78 is 0.434. The summed E-state index contributed by atoms with van der Waals surface area (Å²) in [4.78, 5) is 14.9. The molecule has 23 heavy (non-hydrogen) atoms. The standard InChI is InChI=1S/C16H11BrN4O2/c17-13-7-5-11(9-15(13)21(22)23)10-18-20-16-8-6-12-3-1-2-4-14(12)19-16/h1-10H,(H,19,20)/b18-10+. The number of hydrazone groups is 1. The third-order valence-corrected chi connectivity index (χ3v) is 3.83. The summed E-state index contributed by atoms with van der Waals surface area (Å²) >= 11 is 3.15. The van der Waals surface area contributed by atoms with Gasteiger partial charge in [-0.25, -0.2) is 4.98 Å². The molecule has 114 valence electrons. The second-order valence-electron chi connectivity index (χ2n) is 4.73. The van der Waals surface area contributed by atoms with Gasteiger partial charge in [-0.2, -0.15) is 5.10 Å². The number of anilines is 1. The molecule has 0 spiro atoms. The van der Waals surface area contributed by atoms with Crippen molar-refractivity contribution in [1.29, 1.82) is 0 Å². The average Bonchev–Trinajstić information content (AvgIpc) is 2.56. The zero-order valence-corrected chi connectivity index (χ0v) is 13.4. The maximum atomic E-state index is 10.9. The summed E-state index contributed by atoms with van der Waals surface area (Å²) in [5, 5.41) is 16.0. The fourth-order valence-corrected chi connectivity index (χ4v) is 2.44. The number of benzene rings is 2. The maximum absolute atomic E-state index is 10.9. The normalized spacial score (nSPS) is 11.0. The van der Waals surface area contributed by atoms with E-state index in [9.17, 15) is 10.1 Å². The van der Waals surface area contributed by atoms with Crippen LogP contribution in [0.3, 0.4) is 0 Å². The van der Waals surface area contributed by atoms with Crippen LogP contribution in [0.5, 0.6) is 0 Å². The van der Waals surface area contributed by atoms with Gasteiger partial charge in [0.2, 0.25) is 0 Å². The molecule has 0 aliphatic carbocycles. The first-order chi connectivity index (χ1) is 11.1. The number of nitro benzene ring substituents is 1. The van der Waals surface area contributed by atoms with Crippen LogP contribution in [0.15, 0.2) is 64.2 Å². The molecule has 0 saturated heterocycles. The molecule has 0 aliphatic rings. The van der Waals surface area contributed by atoms with E-state index in [0.717, 1.165) is 10.9 Å². The Balaban J connectivity index is 1.77. The van der Waals surface area contributed by atoms with E-state index in [0.29, 0.717) is 15.9 Å². The van der Waals surface area contributed by atoms with Gasteiger partial charge in [-0.05, 0) is 40.2 Å². The fraction of sp³-hybridized carbons (Fsp3) is 0. The third kappa shape index (κ3) is 3.51. The first kappa shape index (κ1) is 15.1. The number of nitro groups is 1. The third-order valence-electron chi connectivity index (χ3n) is 3.16. The number of halogens is 1. The average molecular weight is 371 g/mol. The van der Waals surface area contributed by atoms with Gasteiger partial charge in [0.25, 0.3) is 5.69 Å². The molecule has 0 aliphatic heterocycles. The summed E-state index contributed by atoms with van der Waals surface area (Å²) in [6, 6.07) is 16.3. The van der Waals surface area contributed by atoms with Crippen molar-refractivity contribution in [2.45, 2.75) is 0 Å². The van der Waals surface area contributed by atoms with E-state index >= 15 is 0 Å². The lowest BCUT2D eigenvalue weighted by molar-refractivity contribution is -0.385. The molecule has 7 heteroatoms. The number of nitrogens with one attached hydrogen (secondary N) is 1. The molecule has 1 aromatic heterocycles. The number of pyridine rings is 1. The van der Waals surface area contributed by atoms with Crippen LogP contribution in [0.4, 0.5) is 11.5 Å². The fourth-order valence-electron chi connectivity index (χ4n) is 2.05. The van der Waals surface area contributed by atoms with E-state index in [1.54, 1.807) is 12.1 Å². The van der Waals surface area contributed by atoms with Crippen LogP contribution in [0, 0.1) is 10.1 Å². The molecule has 0 unspecified atom stereocenters. The van der Waals surface area contributed by atoms with Crippen molar-refractivity contribution in [3.63, 3.8) is 0 Å². The highest BCUT2D eigenvalue weighted by Gasteiger charge is 2.11. The molecular formula is C16H11BrN4O2. The van der Waals surface area contributed by atoms with Gasteiger partial charge in [-0.1, -0.05) is 24.3 Å². The number of fused-ring (bicyclic) bond motifs is 1. The van der Waals surface area contributed by atoms with Gasteiger partial charge >= 0.3 is 0 Å². The van der Waals surface area contributed by atoms with E-state index in [4.69, 9.17) is 0 Å². The topological polar surface area (TPSA) is 80.4 Å². The molecule has 2 aromatic carbocycles. The van der Waals surface area contributed by atoms with Crippen molar-refractivity contribution in [1.82, 2.24) is 4.98 Å². The highest BCUT2D eigenvalue weighted by atomic mass is 79.9. The summed E-state index contributed by atoms with van der Waals surface area (Å²) in [6.45, 7) is 0. The van der Waals surface area contributed by atoms with Crippen LogP contribution in [0.25, 0.3) is 10.9 Å². The van der Waals surface area contributed by atoms with Gasteiger partial charge in [0.05, 0.1) is 21.1 Å². The number of para-hydroxylation sites is 1. The van der Waals surface area contributed by atoms with Crippen LogP contribution in [0.1, 0.15) is 5.56 Å². The predicted octanol–water partition coefficient (Wildman–Crippen LogP) is 4.35. The van der Waals surface area contributed by atoms with Crippen LogP contribution in [-0.4, -0.2) is 16.1 Å². The Morgan fingerprint density at radius 2 is 2.00 bits per heavy atom. The maximum Gasteiger partial charge on any atom is 0.284 e. The summed E-state index contributed by atoms with van der Waals surface area (Å²) in [6.07, 6.45) is 1.51. The van der Waals surface area contributed by atoms with Gasteiger partial charge < -0.3 is 0 Å². The summed E-state index contributed by atoms with van der Waals surface area (Å²) in [5.74, 6) is 0.603. The Kier molecular flexibility index (Phi) is 4.29. The molecule has 1 heterocycles. The minimum absolute atomic E-state index is 0.00206. The highest BCUT2D eigenvalue weighted by molar-refractivity contribution is 9.10. The van der Waals surface area contributed by atoms with Gasteiger partial charge in [0.15, 0.2) is 0 Å². The molecule has 3 aromatic rings. The summed E-state index contributed by atoms with van der Waals surface area (Å²) in [5.41, 5.74) is 4.31. The number of hydrogen-bond donors (Lipinski definition) is 1. The summed E-state index contributed by atoms with van der Waals surface area (Å²) in [7, 11) is 0. The zero-order valence-electron chi connectivity index (χ0n) is 11.8. The van der Waals surface area contributed by atoms with Crippen LogP contribution in [0.2, 0.25) is 0 Å². The number of rotatable bonds is 4. The number of nitrogens with zero attached hydrogens (tertiary/aromatic N) is 3. The van der Waals surface area contributed by atoms with Crippen molar-refractivity contribution in [2.24, 2.45) is 5.10 Å². The van der Waals surface area contributed by atoms with Gasteiger partial charge in [0, 0.05) is 17.0 Å². The second-order valence-corrected chi connectivity index (χ2v) is 5.58. The van der Waals surface area contributed by atoms with E-state index in [2.05, 4.69) is 31.4 Å². The Bertz CT molecular complexity index is 911. The van der Waals surface area contributed by atoms with Crippen LogP contribution >= 0.6 is 15.9 Å². The Morgan fingerprint density at radius 3 is 2.83 bits per heavy atom. The van der Waals surface area contributed by atoms with E-state index in [1.807, 2.05) is 36.4 Å². The molecule has 0 saturated carbocycles. The smallest absolute Gasteiger partial charge is 0.261 e. The van der Waals surface area contributed by atoms with Crippen molar-refractivity contribution in [2.75, 3.05) is 5.43 Å². The lowest BCUT2D eigenvalue weighted by atomic mass is 10.2. The second kappa shape index (κ2) is 6.53. The molecule has 0 amide bonds. The minimum atomic E-state index is -0.445. The highest BCUT2D eigenvalue weighted by Crippen LogP contribution is 2.25.